The Labute approximate surface area is 159 Å². The summed E-state index contributed by atoms with van der Waals surface area (Å²) in [6.45, 7) is 2.03. The van der Waals surface area contributed by atoms with Gasteiger partial charge in [0.05, 0.1) is 19.9 Å². The van der Waals surface area contributed by atoms with Crippen LogP contribution in [0.2, 0.25) is 0 Å². The third-order valence-electron chi connectivity index (χ3n) is 3.58. The summed E-state index contributed by atoms with van der Waals surface area (Å²) in [7, 11) is 3.22. The number of carbonyl (C=O) groups is 1. The van der Waals surface area contributed by atoms with Gasteiger partial charge < -0.3 is 9.47 Å². The summed E-state index contributed by atoms with van der Waals surface area (Å²) >= 11 is 3.00. The van der Waals surface area contributed by atoms with E-state index >= 15 is 0 Å². The van der Waals surface area contributed by atoms with Gasteiger partial charge in [-0.3, -0.25) is 10.1 Å². The number of anilines is 1. The highest BCUT2D eigenvalue weighted by Crippen LogP contribution is 2.35. The normalized spacial score (nSPS) is 10.9. The van der Waals surface area contributed by atoms with Crippen molar-refractivity contribution in [2.75, 3.05) is 19.5 Å². The first-order valence-electron chi connectivity index (χ1n) is 7.82. The van der Waals surface area contributed by atoms with Crippen molar-refractivity contribution in [1.29, 1.82) is 0 Å². The van der Waals surface area contributed by atoms with E-state index in [4.69, 9.17) is 9.47 Å². The predicted molar refractivity (Wildman–Crippen MR) is 107 cm³/mol. The Bertz CT molecular complexity index is 944. The molecule has 0 radical (unpaired) electrons. The first kappa shape index (κ1) is 18.2. The lowest BCUT2D eigenvalue weighted by atomic mass is 10.1. The standard InChI is InChI=1S/C19H18N2O3S2/c1-12-4-6-14(26-12)7-9-18(22)21-19-20-16(11-25-19)15-10-13(23-2)5-8-17(15)24-3/h4-11H,1-3H3,(H,20,21,22)/b9-7+. The van der Waals surface area contributed by atoms with Gasteiger partial charge in [-0.2, -0.15) is 0 Å². The van der Waals surface area contributed by atoms with Crippen molar-refractivity contribution in [3.05, 3.63) is 51.5 Å². The summed E-state index contributed by atoms with van der Waals surface area (Å²) in [5.74, 6) is 1.20. The number of aromatic nitrogens is 1. The van der Waals surface area contributed by atoms with E-state index in [1.807, 2.05) is 42.6 Å². The summed E-state index contributed by atoms with van der Waals surface area (Å²) < 4.78 is 10.7. The van der Waals surface area contributed by atoms with Crippen LogP contribution in [0.25, 0.3) is 17.3 Å². The van der Waals surface area contributed by atoms with Gasteiger partial charge in [-0.25, -0.2) is 4.98 Å². The topological polar surface area (TPSA) is 60.5 Å². The van der Waals surface area contributed by atoms with E-state index in [9.17, 15) is 4.79 Å². The zero-order valence-electron chi connectivity index (χ0n) is 14.6. The van der Waals surface area contributed by atoms with Crippen molar-refractivity contribution in [2.45, 2.75) is 6.92 Å². The van der Waals surface area contributed by atoms with Gasteiger partial charge in [-0.1, -0.05) is 0 Å². The van der Waals surface area contributed by atoms with Gasteiger partial charge in [0, 0.05) is 26.8 Å². The minimum absolute atomic E-state index is 0.213. The van der Waals surface area contributed by atoms with Crippen molar-refractivity contribution in [1.82, 2.24) is 4.98 Å². The molecule has 0 bridgehead atoms. The fourth-order valence-electron chi connectivity index (χ4n) is 2.32. The van der Waals surface area contributed by atoms with E-state index in [0.29, 0.717) is 16.6 Å². The van der Waals surface area contributed by atoms with Gasteiger partial charge in [-0.05, 0) is 43.3 Å². The number of hydrogen-bond acceptors (Lipinski definition) is 6. The van der Waals surface area contributed by atoms with E-state index in [1.165, 1.54) is 22.3 Å². The molecule has 7 heteroatoms. The molecular weight excluding hydrogens is 368 g/mol. The number of rotatable bonds is 6. The number of methoxy groups -OCH3 is 2. The quantitative estimate of drug-likeness (QED) is 0.615. The van der Waals surface area contributed by atoms with E-state index in [2.05, 4.69) is 10.3 Å². The maximum atomic E-state index is 12.1. The molecule has 0 unspecified atom stereocenters. The molecule has 0 saturated carbocycles. The maximum Gasteiger partial charge on any atom is 0.250 e. The molecule has 1 N–H and O–H groups in total. The number of thiophene rings is 1. The minimum atomic E-state index is -0.213. The highest BCUT2D eigenvalue weighted by atomic mass is 32.1. The molecule has 2 heterocycles. The first-order chi connectivity index (χ1) is 12.6. The zero-order valence-corrected chi connectivity index (χ0v) is 16.2. The van der Waals surface area contributed by atoms with E-state index in [1.54, 1.807) is 31.6 Å². The van der Waals surface area contributed by atoms with Gasteiger partial charge in [0.1, 0.15) is 11.5 Å². The number of aryl methyl sites for hydroxylation is 1. The van der Waals surface area contributed by atoms with Crippen molar-refractivity contribution in [2.24, 2.45) is 0 Å². The summed E-state index contributed by atoms with van der Waals surface area (Å²) in [6.07, 6.45) is 3.31. The number of benzene rings is 1. The van der Waals surface area contributed by atoms with Gasteiger partial charge >= 0.3 is 0 Å². The highest BCUT2D eigenvalue weighted by Gasteiger charge is 2.12. The second kappa shape index (κ2) is 8.16. The number of carbonyl (C=O) groups excluding carboxylic acids is 1. The Balaban J connectivity index is 1.74. The number of amides is 1. The third-order valence-corrected chi connectivity index (χ3v) is 5.30. The smallest absolute Gasteiger partial charge is 0.250 e. The third kappa shape index (κ3) is 4.30. The molecule has 2 aromatic heterocycles. The Morgan fingerprint density at radius 1 is 1.19 bits per heavy atom. The van der Waals surface area contributed by atoms with Gasteiger partial charge in [0.2, 0.25) is 5.91 Å². The molecule has 0 aliphatic carbocycles. The monoisotopic (exact) mass is 386 g/mol. The lowest BCUT2D eigenvalue weighted by Gasteiger charge is -2.08. The average Bonchev–Trinajstić information content (AvgIpc) is 3.28. The molecule has 3 rings (SSSR count). The minimum Gasteiger partial charge on any atom is -0.497 e. The van der Waals surface area contributed by atoms with Crippen LogP contribution in [-0.4, -0.2) is 25.1 Å². The molecule has 0 saturated heterocycles. The maximum absolute atomic E-state index is 12.1. The van der Waals surface area contributed by atoms with Crippen LogP contribution < -0.4 is 14.8 Å². The summed E-state index contributed by atoms with van der Waals surface area (Å²) in [5, 5.41) is 5.19. The summed E-state index contributed by atoms with van der Waals surface area (Å²) in [4.78, 5) is 18.8. The van der Waals surface area contributed by atoms with Crippen molar-refractivity contribution < 1.29 is 14.3 Å². The predicted octanol–water partition coefficient (Wildman–Crippen LogP) is 4.85. The SMILES string of the molecule is COc1ccc(OC)c(-c2csc(NC(=O)/C=C/c3ccc(C)s3)n2)c1. The molecule has 0 aliphatic heterocycles. The second-order valence-electron chi connectivity index (χ2n) is 5.38. The molecule has 1 aromatic carbocycles. The molecule has 0 spiro atoms. The lowest BCUT2D eigenvalue weighted by Crippen LogP contribution is -2.07. The number of ether oxygens (including phenoxy) is 2. The van der Waals surface area contributed by atoms with Gasteiger partial charge in [0.15, 0.2) is 5.13 Å². The molecule has 3 aromatic rings. The fourth-order valence-corrected chi connectivity index (χ4v) is 3.81. The molecule has 5 nitrogen and oxygen atoms in total. The van der Waals surface area contributed by atoms with Crippen LogP contribution in [0.15, 0.2) is 41.8 Å². The Hall–Kier alpha value is -2.64. The molecule has 134 valence electrons. The van der Waals surface area contributed by atoms with Crippen LogP contribution in [0, 0.1) is 6.92 Å². The van der Waals surface area contributed by atoms with E-state index in [-0.39, 0.29) is 5.91 Å². The molecule has 0 aliphatic rings. The number of nitrogens with zero attached hydrogens (tertiary/aromatic N) is 1. The van der Waals surface area contributed by atoms with Crippen LogP contribution in [-0.2, 0) is 4.79 Å². The Kier molecular flexibility index (Phi) is 5.70. The van der Waals surface area contributed by atoms with Crippen LogP contribution in [0.3, 0.4) is 0 Å². The van der Waals surface area contributed by atoms with E-state index in [0.717, 1.165) is 16.1 Å². The average molecular weight is 386 g/mol. The van der Waals surface area contributed by atoms with Gasteiger partial charge in [-0.15, -0.1) is 22.7 Å². The second-order valence-corrected chi connectivity index (χ2v) is 7.55. The Morgan fingerprint density at radius 3 is 2.73 bits per heavy atom. The first-order valence-corrected chi connectivity index (χ1v) is 9.52. The van der Waals surface area contributed by atoms with Crippen molar-refractivity contribution in [3.63, 3.8) is 0 Å². The van der Waals surface area contributed by atoms with E-state index < -0.39 is 0 Å². The largest absolute Gasteiger partial charge is 0.497 e. The fraction of sp³-hybridized carbons (Fsp3) is 0.158. The van der Waals surface area contributed by atoms with Crippen LogP contribution >= 0.6 is 22.7 Å². The molecule has 0 fully saturated rings. The van der Waals surface area contributed by atoms with Crippen molar-refractivity contribution in [3.8, 4) is 22.8 Å². The zero-order chi connectivity index (χ0) is 18.5. The highest BCUT2D eigenvalue weighted by molar-refractivity contribution is 7.14. The summed E-state index contributed by atoms with van der Waals surface area (Å²) in [5.41, 5.74) is 1.53. The van der Waals surface area contributed by atoms with Crippen LogP contribution in [0.1, 0.15) is 9.75 Å². The van der Waals surface area contributed by atoms with Crippen LogP contribution in [0.5, 0.6) is 11.5 Å². The summed E-state index contributed by atoms with van der Waals surface area (Å²) in [6, 6.07) is 9.53. The Morgan fingerprint density at radius 2 is 2.04 bits per heavy atom. The van der Waals surface area contributed by atoms with Crippen LogP contribution in [0.4, 0.5) is 5.13 Å². The number of nitrogens with one attached hydrogen (secondary N) is 1. The molecule has 26 heavy (non-hydrogen) atoms. The van der Waals surface area contributed by atoms with Crippen molar-refractivity contribution >= 4 is 39.8 Å². The number of hydrogen-bond donors (Lipinski definition) is 1. The number of thiazole rings is 1. The molecule has 0 atom stereocenters. The van der Waals surface area contributed by atoms with Gasteiger partial charge in [0.25, 0.3) is 0 Å². The lowest BCUT2D eigenvalue weighted by molar-refractivity contribution is -0.111. The molecule has 1 amide bonds. The molecular formula is C19H18N2O3S2.